The van der Waals surface area contributed by atoms with Gasteiger partial charge in [0.05, 0.1) is 16.4 Å². The van der Waals surface area contributed by atoms with Crippen LogP contribution in [0.1, 0.15) is 11.1 Å². The van der Waals surface area contributed by atoms with Crippen LogP contribution in [0.15, 0.2) is 67.4 Å². The van der Waals surface area contributed by atoms with Gasteiger partial charge in [-0.05, 0) is 59.8 Å². The highest BCUT2D eigenvalue weighted by Gasteiger charge is 2.11. The molecule has 4 nitrogen and oxygen atoms in total. The van der Waals surface area contributed by atoms with E-state index in [2.05, 4.69) is 77.1 Å². The van der Waals surface area contributed by atoms with E-state index in [1.807, 2.05) is 26.2 Å². The van der Waals surface area contributed by atoms with Gasteiger partial charge >= 0.3 is 0 Å². The zero-order valence-electron chi connectivity index (χ0n) is 17.9. The Hall–Kier alpha value is -2.94. The maximum absolute atomic E-state index is 6.57. The second-order valence-electron chi connectivity index (χ2n) is 7.63. The lowest BCUT2D eigenvalue weighted by Gasteiger charge is -2.15. The molecular weight excluding hydrogens is 423 g/mol. The van der Waals surface area contributed by atoms with E-state index >= 15 is 0 Å². The van der Waals surface area contributed by atoms with Crippen molar-refractivity contribution in [3.8, 4) is 11.1 Å². The van der Waals surface area contributed by atoms with Crippen molar-refractivity contribution in [3.05, 3.63) is 83.5 Å². The second kappa shape index (κ2) is 8.66. The minimum atomic E-state index is 0.359. The number of nitrogens with two attached hydrogens (primary N) is 1. The maximum Gasteiger partial charge on any atom is 0.0614 e. The van der Waals surface area contributed by atoms with Gasteiger partial charge in [0.2, 0.25) is 0 Å². The maximum atomic E-state index is 6.57. The molecule has 0 amide bonds. The van der Waals surface area contributed by atoms with Gasteiger partial charge in [0.15, 0.2) is 0 Å². The van der Waals surface area contributed by atoms with Gasteiger partial charge in [-0.2, -0.15) is 0 Å². The zero-order valence-corrected chi connectivity index (χ0v) is 19.6. The number of nitrogens with zero attached hydrogens (tertiary/aromatic N) is 1. The number of nitrogen functional groups attached to an aromatic ring is 1. The molecule has 4 rings (SSSR count). The number of hydrogen-bond donors (Lipinski definition) is 3. The molecule has 0 spiro atoms. The Kier molecular flexibility index (Phi) is 5.95. The van der Waals surface area contributed by atoms with E-state index in [0.29, 0.717) is 19.4 Å². The van der Waals surface area contributed by atoms with E-state index in [-0.39, 0.29) is 0 Å². The molecular formula is C25H26ClN4P. The molecule has 0 bridgehead atoms. The Morgan fingerprint density at radius 2 is 1.90 bits per heavy atom. The lowest BCUT2D eigenvalue weighted by Crippen LogP contribution is -2.08. The van der Waals surface area contributed by atoms with Crippen molar-refractivity contribution in [1.82, 2.24) is 9.88 Å². The van der Waals surface area contributed by atoms with Crippen LogP contribution in [-0.2, 0) is 7.05 Å². The van der Waals surface area contributed by atoms with E-state index in [1.54, 1.807) is 0 Å². The molecule has 4 N–H and O–H groups in total. The van der Waals surface area contributed by atoms with Crippen LogP contribution in [0.4, 0.5) is 11.4 Å². The number of aryl methyl sites for hydroxylation is 2. The summed E-state index contributed by atoms with van der Waals surface area (Å²) >= 11 is 6.57. The summed E-state index contributed by atoms with van der Waals surface area (Å²) in [6.45, 7) is 6.18. The Labute approximate surface area is 189 Å². The predicted octanol–water partition coefficient (Wildman–Crippen LogP) is 5.91. The van der Waals surface area contributed by atoms with Crippen LogP contribution < -0.4 is 21.4 Å². The van der Waals surface area contributed by atoms with Crippen molar-refractivity contribution in [2.75, 3.05) is 17.9 Å². The highest BCUT2D eigenvalue weighted by Crippen LogP contribution is 2.37. The molecule has 0 aliphatic rings. The molecule has 1 atom stereocenters. The molecule has 0 aliphatic carbocycles. The third-order valence-electron chi connectivity index (χ3n) is 5.54. The quantitative estimate of drug-likeness (QED) is 0.254. The molecule has 0 fully saturated rings. The Morgan fingerprint density at radius 3 is 2.68 bits per heavy atom. The van der Waals surface area contributed by atoms with Crippen molar-refractivity contribution in [1.29, 1.82) is 0 Å². The van der Waals surface area contributed by atoms with E-state index < -0.39 is 0 Å². The Balaban J connectivity index is 1.63. The van der Waals surface area contributed by atoms with E-state index in [1.165, 1.54) is 21.8 Å². The van der Waals surface area contributed by atoms with Crippen LogP contribution in [0.3, 0.4) is 0 Å². The van der Waals surface area contributed by atoms with Crippen molar-refractivity contribution in [2.45, 2.75) is 6.92 Å². The number of aromatic nitrogens is 1. The van der Waals surface area contributed by atoms with Crippen LogP contribution in [0.5, 0.6) is 0 Å². The highest BCUT2D eigenvalue weighted by atomic mass is 35.5. The van der Waals surface area contributed by atoms with Crippen molar-refractivity contribution in [2.24, 2.45) is 7.05 Å². The summed E-state index contributed by atoms with van der Waals surface area (Å²) in [5.74, 6) is 0. The summed E-state index contributed by atoms with van der Waals surface area (Å²) in [7, 11) is 4.29. The van der Waals surface area contributed by atoms with Gasteiger partial charge in [-0.25, -0.2) is 0 Å². The first-order valence-electron chi connectivity index (χ1n) is 10.0. The van der Waals surface area contributed by atoms with Gasteiger partial charge < -0.3 is 20.7 Å². The second-order valence-corrected chi connectivity index (χ2v) is 9.11. The van der Waals surface area contributed by atoms with Crippen molar-refractivity contribution in [3.63, 3.8) is 0 Å². The summed E-state index contributed by atoms with van der Waals surface area (Å²) in [5.41, 5.74) is 14.2. The minimum absolute atomic E-state index is 0.359. The summed E-state index contributed by atoms with van der Waals surface area (Å²) < 4.78 is 2.11. The third-order valence-corrected chi connectivity index (χ3v) is 6.85. The van der Waals surface area contributed by atoms with Crippen LogP contribution in [0, 0.1) is 6.92 Å². The molecule has 0 aliphatic heterocycles. The summed E-state index contributed by atoms with van der Waals surface area (Å²) in [5, 5.41) is 9.64. The summed E-state index contributed by atoms with van der Waals surface area (Å²) in [4.78, 5) is 0. The molecule has 4 aromatic rings. The number of nitrogens with one attached hydrogen (secondary N) is 2. The number of hydrogen-bond acceptors (Lipinski definition) is 3. The van der Waals surface area contributed by atoms with Gasteiger partial charge in [-0.15, -0.1) is 0 Å². The Bertz CT molecular complexity index is 1290. The normalized spacial score (nSPS) is 11.4. The molecule has 3 aromatic carbocycles. The lowest BCUT2D eigenvalue weighted by atomic mass is 10.0. The molecule has 1 unspecified atom stereocenters. The molecule has 1 heterocycles. The number of anilines is 2. The van der Waals surface area contributed by atoms with E-state index in [0.717, 1.165) is 28.1 Å². The first kappa shape index (κ1) is 21.3. The Morgan fingerprint density at radius 1 is 1.10 bits per heavy atom. The van der Waals surface area contributed by atoms with Crippen LogP contribution in [0.25, 0.3) is 27.7 Å². The highest BCUT2D eigenvalue weighted by molar-refractivity contribution is 7.48. The molecule has 0 radical (unpaired) electrons. The molecule has 6 heteroatoms. The number of rotatable bonds is 6. The number of benzene rings is 3. The standard InChI is InChI=1S/C25H26ClN4P/c1-15-5-7-19(12-20(15)16(2)28-3)31-29-24-13-21(22(26)14-23(24)27)17-6-8-25-18(11-17)9-10-30(25)4/h5-14,28-29,31H,2,27H2,1,3-4H3. The topological polar surface area (TPSA) is 55.0 Å². The zero-order chi connectivity index (χ0) is 22.1. The smallest absolute Gasteiger partial charge is 0.0614 e. The van der Waals surface area contributed by atoms with E-state index in [9.17, 15) is 0 Å². The van der Waals surface area contributed by atoms with Gasteiger partial charge in [0.1, 0.15) is 0 Å². The summed E-state index contributed by atoms with van der Waals surface area (Å²) in [6.07, 6.45) is 2.06. The first-order valence-corrected chi connectivity index (χ1v) is 11.4. The molecule has 0 saturated heterocycles. The van der Waals surface area contributed by atoms with Gasteiger partial charge in [-0.3, -0.25) is 0 Å². The predicted molar refractivity (Wildman–Crippen MR) is 139 cm³/mol. The third kappa shape index (κ3) is 4.27. The van der Waals surface area contributed by atoms with Crippen molar-refractivity contribution >= 4 is 53.6 Å². The molecule has 1 aromatic heterocycles. The first-order chi connectivity index (χ1) is 14.9. The minimum Gasteiger partial charge on any atom is -0.397 e. The van der Waals surface area contributed by atoms with Gasteiger partial charge in [-0.1, -0.05) is 36.4 Å². The summed E-state index contributed by atoms with van der Waals surface area (Å²) in [6, 6.07) is 18.8. The molecule has 31 heavy (non-hydrogen) atoms. The monoisotopic (exact) mass is 448 g/mol. The SMILES string of the molecule is C=C(NC)c1cc(PNc2cc(-c3ccc4c(ccn4C)c3)c(Cl)cc2N)ccc1C. The molecule has 158 valence electrons. The van der Waals surface area contributed by atoms with E-state index in [4.69, 9.17) is 17.3 Å². The van der Waals surface area contributed by atoms with Crippen LogP contribution in [-0.4, -0.2) is 11.6 Å². The van der Waals surface area contributed by atoms with Crippen LogP contribution in [0.2, 0.25) is 5.02 Å². The fraction of sp³-hybridized carbons (Fsp3) is 0.120. The average Bonchev–Trinajstić information content (AvgIpc) is 3.13. The number of fused-ring (bicyclic) bond motifs is 1. The van der Waals surface area contributed by atoms with Crippen LogP contribution >= 0.6 is 20.3 Å². The molecule has 0 saturated carbocycles. The van der Waals surface area contributed by atoms with Gasteiger partial charge in [0.25, 0.3) is 0 Å². The average molecular weight is 449 g/mol. The largest absolute Gasteiger partial charge is 0.397 e. The number of halogens is 1. The van der Waals surface area contributed by atoms with Crippen molar-refractivity contribution < 1.29 is 0 Å². The lowest BCUT2D eigenvalue weighted by molar-refractivity contribution is 0.969. The van der Waals surface area contributed by atoms with Gasteiger partial charge in [0, 0.05) is 56.8 Å². The fourth-order valence-electron chi connectivity index (χ4n) is 3.67. The fourth-order valence-corrected chi connectivity index (χ4v) is 4.83.